The lowest BCUT2D eigenvalue weighted by Crippen LogP contribution is -2.21. The highest BCUT2D eigenvalue weighted by Gasteiger charge is 2.08. The molecule has 0 aliphatic carbocycles. The number of fused-ring (bicyclic) bond motifs is 1. The second kappa shape index (κ2) is 5.46. The Labute approximate surface area is 128 Å². The summed E-state index contributed by atoms with van der Waals surface area (Å²) in [6.45, 7) is 0.272. The van der Waals surface area contributed by atoms with Crippen molar-refractivity contribution < 1.29 is 0 Å². The van der Waals surface area contributed by atoms with Crippen molar-refractivity contribution in [3.63, 3.8) is 0 Å². The Balaban J connectivity index is 2.10. The fourth-order valence-electron chi connectivity index (χ4n) is 2.09. The molecule has 1 aromatic carbocycles. The van der Waals surface area contributed by atoms with E-state index in [1.165, 1.54) is 10.9 Å². The molecule has 0 aliphatic heterocycles. The molecule has 0 amide bonds. The third-order valence-corrected chi connectivity index (χ3v) is 3.62. The van der Waals surface area contributed by atoms with E-state index >= 15 is 0 Å². The monoisotopic (exact) mass is 340 g/mol. The summed E-state index contributed by atoms with van der Waals surface area (Å²) >= 11 is 3.35. The van der Waals surface area contributed by atoms with Crippen LogP contribution in [0.4, 0.5) is 0 Å². The second-order valence-electron chi connectivity index (χ2n) is 4.46. The SMILES string of the molecule is N#Cc1ncccc1Cn1cnc2cc(Br)ccc2c1=O. The topological polar surface area (TPSA) is 71.6 Å². The van der Waals surface area contributed by atoms with Gasteiger partial charge in [0, 0.05) is 16.2 Å². The van der Waals surface area contributed by atoms with Crippen LogP contribution in [-0.4, -0.2) is 14.5 Å². The molecule has 102 valence electrons. The molecule has 0 saturated heterocycles. The Morgan fingerprint density at radius 1 is 1.29 bits per heavy atom. The number of aromatic nitrogens is 3. The normalized spacial score (nSPS) is 10.5. The highest BCUT2D eigenvalue weighted by Crippen LogP contribution is 2.15. The first-order valence-electron chi connectivity index (χ1n) is 6.18. The first kappa shape index (κ1) is 13.5. The van der Waals surface area contributed by atoms with Gasteiger partial charge in [0.15, 0.2) is 0 Å². The highest BCUT2D eigenvalue weighted by atomic mass is 79.9. The number of pyridine rings is 1. The van der Waals surface area contributed by atoms with Crippen LogP contribution in [0.2, 0.25) is 0 Å². The third-order valence-electron chi connectivity index (χ3n) is 3.13. The fraction of sp³-hybridized carbons (Fsp3) is 0.0667. The van der Waals surface area contributed by atoms with Crippen molar-refractivity contribution >= 4 is 26.8 Å². The Kier molecular flexibility index (Phi) is 3.50. The molecule has 3 rings (SSSR count). The van der Waals surface area contributed by atoms with Gasteiger partial charge >= 0.3 is 0 Å². The van der Waals surface area contributed by atoms with Crippen molar-refractivity contribution in [1.29, 1.82) is 5.26 Å². The Morgan fingerprint density at radius 3 is 2.95 bits per heavy atom. The lowest BCUT2D eigenvalue weighted by Gasteiger charge is -2.07. The summed E-state index contributed by atoms with van der Waals surface area (Å²) in [5, 5.41) is 9.59. The molecule has 21 heavy (non-hydrogen) atoms. The molecular weight excluding hydrogens is 332 g/mol. The van der Waals surface area contributed by atoms with Crippen molar-refractivity contribution in [3.05, 3.63) is 68.9 Å². The van der Waals surface area contributed by atoms with Gasteiger partial charge in [0.05, 0.1) is 23.8 Å². The van der Waals surface area contributed by atoms with Crippen LogP contribution in [0.25, 0.3) is 10.9 Å². The number of halogens is 1. The molecule has 2 aromatic heterocycles. The van der Waals surface area contributed by atoms with Crippen molar-refractivity contribution in [2.24, 2.45) is 0 Å². The van der Waals surface area contributed by atoms with Crippen LogP contribution in [0.3, 0.4) is 0 Å². The van der Waals surface area contributed by atoms with Crippen LogP contribution >= 0.6 is 15.9 Å². The molecule has 0 radical (unpaired) electrons. The van der Waals surface area contributed by atoms with Gasteiger partial charge in [0.25, 0.3) is 5.56 Å². The van der Waals surface area contributed by atoms with Gasteiger partial charge in [-0.15, -0.1) is 0 Å². The summed E-state index contributed by atoms with van der Waals surface area (Å²) < 4.78 is 2.35. The Morgan fingerprint density at radius 2 is 2.14 bits per heavy atom. The molecule has 2 heterocycles. The summed E-state index contributed by atoms with van der Waals surface area (Å²) in [5.74, 6) is 0. The predicted molar refractivity (Wildman–Crippen MR) is 81.8 cm³/mol. The summed E-state index contributed by atoms with van der Waals surface area (Å²) in [6, 6.07) is 10.9. The predicted octanol–water partition coefficient (Wildman–Crippen LogP) is 2.47. The largest absolute Gasteiger partial charge is 0.294 e. The molecule has 0 atom stereocenters. The van der Waals surface area contributed by atoms with Gasteiger partial charge in [0.2, 0.25) is 0 Å². The van der Waals surface area contributed by atoms with E-state index in [0.29, 0.717) is 22.2 Å². The number of hydrogen-bond acceptors (Lipinski definition) is 4. The first-order chi connectivity index (χ1) is 10.2. The van der Waals surface area contributed by atoms with Gasteiger partial charge in [-0.25, -0.2) is 9.97 Å². The van der Waals surface area contributed by atoms with Gasteiger partial charge in [0.1, 0.15) is 11.8 Å². The van der Waals surface area contributed by atoms with E-state index in [0.717, 1.165) is 4.47 Å². The van der Waals surface area contributed by atoms with Crippen molar-refractivity contribution in [2.75, 3.05) is 0 Å². The van der Waals surface area contributed by atoms with Crippen LogP contribution in [0.15, 0.2) is 52.1 Å². The van der Waals surface area contributed by atoms with Crippen LogP contribution in [-0.2, 0) is 6.54 Å². The van der Waals surface area contributed by atoms with Crippen molar-refractivity contribution in [3.8, 4) is 6.07 Å². The van der Waals surface area contributed by atoms with Crippen LogP contribution < -0.4 is 5.56 Å². The smallest absolute Gasteiger partial charge is 0.261 e. The Bertz CT molecular complexity index is 927. The van der Waals surface area contributed by atoms with Gasteiger partial charge in [-0.2, -0.15) is 5.26 Å². The third kappa shape index (κ3) is 2.56. The number of hydrogen-bond donors (Lipinski definition) is 0. The van der Waals surface area contributed by atoms with Gasteiger partial charge in [-0.3, -0.25) is 9.36 Å². The number of nitriles is 1. The number of benzene rings is 1. The van der Waals surface area contributed by atoms with Crippen molar-refractivity contribution in [1.82, 2.24) is 14.5 Å². The summed E-state index contributed by atoms with van der Waals surface area (Å²) in [7, 11) is 0. The minimum absolute atomic E-state index is 0.139. The molecule has 0 fully saturated rings. The maximum Gasteiger partial charge on any atom is 0.261 e. The van der Waals surface area contributed by atoms with E-state index < -0.39 is 0 Å². The zero-order valence-corrected chi connectivity index (χ0v) is 12.4. The molecular formula is C15H9BrN4O. The average molecular weight is 341 g/mol. The molecule has 3 aromatic rings. The lowest BCUT2D eigenvalue weighted by atomic mass is 10.2. The van der Waals surface area contributed by atoms with Gasteiger partial charge in [-0.05, 0) is 24.3 Å². The van der Waals surface area contributed by atoms with Gasteiger partial charge < -0.3 is 0 Å². The lowest BCUT2D eigenvalue weighted by molar-refractivity contribution is 0.743. The van der Waals surface area contributed by atoms with E-state index in [4.69, 9.17) is 5.26 Å². The van der Waals surface area contributed by atoms with E-state index in [1.807, 2.05) is 6.07 Å². The second-order valence-corrected chi connectivity index (χ2v) is 5.38. The molecule has 0 aliphatic rings. The van der Waals surface area contributed by atoms with Crippen molar-refractivity contribution in [2.45, 2.75) is 6.54 Å². The molecule has 6 heteroatoms. The minimum Gasteiger partial charge on any atom is -0.294 e. The van der Waals surface area contributed by atoms with Gasteiger partial charge in [-0.1, -0.05) is 22.0 Å². The zero-order chi connectivity index (χ0) is 14.8. The molecule has 0 N–H and O–H groups in total. The zero-order valence-electron chi connectivity index (χ0n) is 10.8. The standard InChI is InChI=1S/C15H9BrN4O/c16-11-3-4-12-13(6-11)19-9-20(15(12)21)8-10-2-1-5-18-14(10)7-17/h1-6,9H,8H2. The van der Waals surface area contributed by atoms with Crippen LogP contribution in [0.5, 0.6) is 0 Å². The van der Waals surface area contributed by atoms with E-state index in [-0.39, 0.29) is 12.1 Å². The molecule has 0 saturated carbocycles. The molecule has 0 unspecified atom stereocenters. The number of nitrogens with zero attached hydrogens (tertiary/aromatic N) is 4. The maximum atomic E-state index is 12.4. The van der Waals surface area contributed by atoms with Crippen LogP contribution in [0, 0.1) is 11.3 Å². The first-order valence-corrected chi connectivity index (χ1v) is 6.97. The van der Waals surface area contributed by atoms with Crippen LogP contribution in [0.1, 0.15) is 11.3 Å². The van der Waals surface area contributed by atoms with E-state index in [9.17, 15) is 4.79 Å². The average Bonchev–Trinajstić information content (AvgIpc) is 2.50. The maximum absolute atomic E-state index is 12.4. The highest BCUT2D eigenvalue weighted by molar-refractivity contribution is 9.10. The fourth-order valence-corrected chi connectivity index (χ4v) is 2.44. The molecule has 0 bridgehead atoms. The summed E-state index contributed by atoms with van der Waals surface area (Å²) in [5.41, 5.74) is 1.51. The Hall–Kier alpha value is -2.52. The number of rotatable bonds is 2. The quantitative estimate of drug-likeness (QED) is 0.718. The molecule has 5 nitrogen and oxygen atoms in total. The summed E-state index contributed by atoms with van der Waals surface area (Å²) in [4.78, 5) is 20.7. The van der Waals surface area contributed by atoms with E-state index in [1.54, 1.807) is 36.5 Å². The van der Waals surface area contributed by atoms with E-state index in [2.05, 4.69) is 25.9 Å². The molecule has 0 spiro atoms. The minimum atomic E-state index is -0.139. The summed E-state index contributed by atoms with van der Waals surface area (Å²) in [6.07, 6.45) is 3.05.